The monoisotopic (exact) mass is 234 g/mol. The van der Waals surface area contributed by atoms with Crippen LogP contribution in [0.4, 0.5) is 5.69 Å². The van der Waals surface area contributed by atoms with Gasteiger partial charge in [0.15, 0.2) is 0 Å². The molecule has 1 fully saturated rings. The molecule has 4 heteroatoms. The molecule has 0 radical (unpaired) electrons. The quantitative estimate of drug-likeness (QED) is 0.468. The lowest BCUT2D eigenvalue weighted by Crippen LogP contribution is -2.16. The van der Waals surface area contributed by atoms with Gasteiger partial charge in [0.2, 0.25) is 0 Å². The van der Waals surface area contributed by atoms with E-state index in [1.54, 1.807) is 12.1 Å². The van der Waals surface area contributed by atoms with E-state index >= 15 is 0 Å². The Morgan fingerprint density at radius 2 is 2.24 bits per heavy atom. The van der Waals surface area contributed by atoms with Crippen molar-refractivity contribution in [3.8, 4) is 0 Å². The third-order valence-electron chi connectivity index (χ3n) is 3.36. The number of rotatable bonds is 6. The summed E-state index contributed by atoms with van der Waals surface area (Å²) in [5, 5.41) is 14.1. The van der Waals surface area contributed by atoms with Gasteiger partial charge >= 0.3 is 0 Å². The van der Waals surface area contributed by atoms with E-state index in [2.05, 4.69) is 5.32 Å². The highest BCUT2D eigenvalue weighted by Gasteiger charge is 2.20. The summed E-state index contributed by atoms with van der Waals surface area (Å²) in [6, 6.07) is 5.26. The summed E-state index contributed by atoms with van der Waals surface area (Å²) in [4.78, 5) is 10.5. The Morgan fingerprint density at radius 1 is 1.47 bits per heavy atom. The molecule has 4 nitrogen and oxygen atoms in total. The molecule has 1 aromatic rings. The Labute approximate surface area is 101 Å². The van der Waals surface area contributed by atoms with Crippen LogP contribution in [0.25, 0.3) is 0 Å². The average molecular weight is 234 g/mol. The Kier molecular flexibility index (Phi) is 3.74. The Hall–Kier alpha value is -1.42. The van der Waals surface area contributed by atoms with Crippen molar-refractivity contribution in [2.45, 2.75) is 32.7 Å². The third-order valence-corrected chi connectivity index (χ3v) is 3.36. The predicted octanol–water partition coefficient (Wildman–Crippen LogP) is 2.79. The molecule has 1 saturated carbocycles. The summed E-state index contributed by atoms with van der Waals surface area (Å²) < 4.78 is 0. The van der Waals surface area contributed by atoms with Crippen molar-refractivity contribution in [1.82, 2.24) is 5.32 Å². The topological polar surface area (TPSA) is 55.2 Å². The maximum atomic E-state index is 10.8. The molecule has 17 heavy (non-hydrogen) atoms. The van der Waals surface area contributed by atoms with E-state index in [0.29, 0.717) is 0 Å². The smallest absolute Gasteiger partial charge is 0.272 e. The number of hydrogen-bond donors (Lipinski definition) is 1. The first-order chi connectivity index (χ1) is 8.18. The molecule has 92 valence electrons. The Balaban J connectivity index is 1.90. The van der Waals surface area contributed by atoms with Crippen LogP contribution in [-0.4, -0.2) is 11.5 Å². The van der Waals surface area contributed by atoms with Crippen molar-refractivity contribution in [1.29, 1.82) is 0 Å². The summed E-state index contributed by atoms with van der Waals surface area (Å²) in [5.74, 6) is 0.925. The molecule has 0 saturated heterocycles. The zero-order chi connectivity index (χ0) is 12.3. The third kappa shape index (κ3) is 3.27. The molecule has 0 unspecified atom stereocenters. The van der Waals surface area contributed by atoms with Crippen LogP contribution >= 0.6 is 0 Å². The second-order valence-corrected chi connectivity index (χ2v) is 4.73. The molecule has 0 atom stereocenters. The molecule has 0 spiro atoms. The van der Waals surface area contributed by atoms with Gasteiger partial charge in [-0.1, -0.05) is 25.0 Å². The summed E-state index contributed by atoms with van der Waals surface area (Å²) in [6.07, 6.45) is 3.98. The summed E-state index contributed by atoms with van der Waals surface area (Å²) in [6.45, 7) is 3.54. The zero-order valence-electron chi connectivity index (χ0n) is 10.1. The molecule has 1 N–H and O–H groups in total. The minimum Gasteiger partial charge on any atom is -0.313 e. The predicted molar refractivity (Wildman–Crippen MR) is 66.9 cm³/mol. The minimum atomic E-state index is -0.316. The van der Waals surface area contributed by atoms with E-state index in [0.717, 1.165) is 30.1 Å². The van der Waals surface area contributed by atoms with Crippen LogP contribution in [0.1, 0.15) is 30.4 Å². The van der Waals surface area contributed by atoms with E-state index in [-0.39, 0.29) is 10.6 Å². The van der Waals surface area contributed by atoms with Gasteiger partial charge in [-0.15, -0.1) is 0 Å². The first kappa shape index (κ1) is 12.0. The summed E-state index contributed by atoms with van der Waals surface area (Å²) in [7, 11) is 0. The van der Waals surface area contributed by atoms with Gasteiger partial charge in [-0.3, -0.25) is 10.1 Å². The molecule has 1 aliphatic carbocycles. The number of nitrogens with one attached hydrogen (secondary N) is 1. The normalized spacial score (nSPS) is 14.9. The standard InChI is InChI=1S/C13H18N2O2/c1-10-12(3-2-4-13(10)15(16)17)9-14-8-7-11-5-6-11/h2-4,11,14H,5-9H2,1H3. The van der Waals surface area contributed by atoms with Gasteiger partial charge < -0.3 is 5.32 Å². The molecule has 0 aliphatic heterocycles. The van der Waals surface area contributed by atoms with Gasteiger partial charge in [0, 0.05) is 18.2 Å². The lowest BCUT2D eigenvalue weighted by atomic mass is 10.1. The summed E-state index contributed by atoms with van der Waals surface area (Å²) in [5.41, 5.74) is 2.01. The fourth-order valence-electron chi connectivity index (χ4n) is 1.99. The van der Waals surface area contributed by atoms with Crippen LogP contribution in [0.5, 0.6) is 0 Å². The van der Waals surface area contributed by atoms with Crippen LogP contribution in [0.3, 0.4) is 0 Å². The van der Waals surface area contributed by atoms with Crippen molar-refractivity contribution in [2.24, 2.45) is 5.92 Å². The van der Waals surface area contributed by atoms with Crippen LogP contribution in [0, 0.1) is 23.0 Å². The van der Waals surface area contributed by atoms with Crippen molar-refractivity contribution in [2.75, 3.05) is 6.54 Å². The van der Waals surface area contributed by atoms with Crippen LogP contribution < -0.4 is 5.32 Å². The average Bonchev–Trinajstić information content (AvgIpc) is 3.10. The number of benzene rings is 1. The minimum absolute atomic E-state index is 0.214. The first-order valence-corrected chi connectivity index (χ1v) is 6.12. The highest BCUT2D eigenvalue weighted by atomic mass is 16.6. The Bertz CT molecular complexity index is 414. The maximum absolute atomic E-state index is 10.8. The van der Waals surface area contributed by atoms with Gasteiger partial charge in [-0.25, -0.2) is 0 Å². The highest BCUT2D eigenvalue weighted by Crippen LogP contribution is 2.31. The Morgan fingerprint density at radius 3 is 2.88 bits per heavy atom. The first-order valence-electron chi connectivity index (χ1n) is 6.12. The van der Waals surface area contributed by atoms with Gasteiger partial charge in [0.05, 0.1) is 4.92 Å². The van der Waals surface area contributed by atoms with E-state index in [4.69, 9.17) is 0 Å². The second kappa shape index (κ2) is 5.27. The number of nitrogens with zero attached hydrogens (tertiary/aromatic N) is 1. The SMILES string of the molecule is Cc1c(CNCCC2CC2)cccc1[N+](=O)[O-]. The molecule has 2 rings (SSSR count). The van der Waals surface area contributed by atoms with Gasteiger partial charge in [-0.05, 0) is 31.4 Å². The molecule has 1 aliphatic rings. The zero-order valence-corrected chi connectivity index (χ0v) is 10.1. The van der Waals surface area contributed by atoms with Crippen LogP contribution in [-0.2, 0) is 6.54 Å². The van der Waals surface area contributed by atoms with Crippen molar-refractivity contribution < 1.29 is 4.92 Å². The van der Waals surface area contributed by atoms with Crippen molar-refractivity contribution in [3.63, 3.8) is 0 Å². The van der Waals surface area contributed by atoms with E-state index in [1.807, 2.05) is 13.0 Å². The van der Waals surface area contributed by atoms with Crippen LogP contribution in [0.15, 0.2) is 18.2 Å². The van der Waals surface area contributed by atoms with Crippen LogP contribution in [0.2, 0.25) is 0 Å². The van der Waals surface area contributed by atoms with E-state index < -0.39 is 0 Å². The highest BCUT2D eigenvalue weighted by molar-refractivity contribution is 5.44. The van der Waals surface area contributed by atoms with Crippen molar-refractivity contribution >= 4 is 5.69 Å². The fraction of sp³-hybridized carbons (Fsp3) is 0.538. The van der Waals surface area contributed by atoms with E-state index in [9.17, 15) is 10.1 Å². The second-order valence-electron chi connectivity index (χ2n) is 4.73. The molecule has 0 amide bonds. The largest absolute Gasteiger partial charge is 0.313 e. The fourth-order valence-corrected chi connectivity index (χ4v) is 1.99. The summed E-state index contributed by atoms with van der Waals surface area (Å²) >= 11 is 0. The van der Waals surface area contributed by atoms with Crippen molar-refractivity contribution in [3.05, 3.63) is 39.4 Å². The maximum Gasteiger partial charge on any atom is 0.272 e. The number of nitro benzene ring substituents is 1. The van der Waals surface area contributed by atoms with Gasteiger partial charge in [0.1, 0.15) is 0 Å². The molecule has 0 aromatic heterocycles. The molecular weight excluding hydrogens is 216 g/mol. The molecular formula is C13H18N2O2. The van der Waals surface area contributed by atoms with Gasteiger partial charge in [-0.2, -0.15) is 0 Å². The van der Waals surface area contributed by atoms with Gasteiger partial charge in [0.25, 0.3) is 5.69 Å². The lowest BCUT2D eigenvalue weighted by Gasteiger charge is -2.07. The molecule has 1 aromatic carbocycles. The molecule has 0 heterocycles. The number of nitro groups is 1. The number of hydrogen-bond acceptors (Lipinski definition) is 3. The van der Waals surface area contributed by atoms with E-state index in [1.165, 1.54) is 19.3 Å². The molecule has 0 bridgehead atoms. The lowest BCUT2D eigenvalue weighted by molar-refractivity contribution is -0.385.